The fourth-order valence-electron chi connectivity index (χ4n) is 3.61. The number of nitrogens with one attached hydrogen (secondary N) is 2. The molecule has 1 amide bonds. The maximum absolute atomic E-state index is 12.5. The Labute approximate surface area is 128 Å². The molecule has 3 nitrogen and oxygen atoms in total. The van der Waals surface area contributed by atoms with Crippen LogP contribution in [0.4, 0.5) is 0 Å². The van der Waals surface area contributed by atoms with E-state index in [2.05, 4.69) is 38.7 Å². The van der Waals surface area contributed by atoms with Crippen molar-refractivity contribution in [2.24, 2.45) is 11.8 Å². The summed E-state index contributed by atoms with van der Waals surface area (Å²) in [5.74, 6) is 1.43. The molecule has 1 saturated carbocycles. The first-order chi connectivity index (χ1) is 9.65. The second-order valence-electron chi connectivity index (χ2n) is 6.02. The summed E-state index contributed by atoms with van der Waals surface area (Å²) in [7, 11) is 0. The van der Waals surface area contributed by atoms with E-state index in [4.69, 9.17) is 0 Å². The van der Waals surface area contributed by atoms with Crippen LogP contribution in [0.2, 0.25) is 0 Å². The van der Waals surface area contributed by atoms with Crippen LogP contribution in [0, 0.1) is 11.8 Å². The molecule has 20 heavy (non-hydrogen) atoms. The van der Waals surface area contributed by atoms with Crippen molar-refractivity contribution in [1.82, 2.24) is 10.6 Å². The number of carbonyl (C=O) groups excluding carboxylic acids is 1. The average Bonchev–Trinajstić information content (AvgIpc) is 3.01. The minimum atomic E-state index is 0.0143. The Morgan fingerprint density at radius 1 is 1.35 bits per heavy atom. The summed E-state index contributed by atoms with van der Waals surface area (Å²) < 4.78 is 1.06. The van der Waals surface area contributed by atoms with E-state index in [-0.39, 0.29) is 18.0 Å². The summed E-state index contributed by atoms with van der Waals surface area (Å²) in [6, 6.07) is 8.20. The molecular weight excluding hydrogens is 316 g/mol. The quantitative estimate of drug-likeness (QED) is 0.890. The molecule has 0 aromatic heterocycles. The number of fused-ring (bicyclic) bond motifs is 1. The Bertz CT molecular complexity index is 488. The zero-order chi connectivity index (χ0) is 14.1. The summed E-state index contributed by atoms with van der Waals surface area (Å²) in [4.78, 5) is 12.5. The molecule has 4 unspecified atom stereocenters. The van der Waals surface area contributed by atoms with Gasteiger partial charge in [-0.3, -0.25) is 4.79 Å². The van der Waals surface area contributed by atoms with Gasteiger partial charge in [-0.25, -0.2) is 0 Å². The molecule has 1 saturated heterocycles. The van der Waals surface area contributed by atoms with E-state index in [1.165, 1.54) is 19.3 Å². The molecule has 1 aromatic carbocycles. The predicted octanol–water partition coefficient (Wildman–Crippen LogP) is 3.01. The zero-order valence-electron chi connectivity index (χ0n) is 11.7. The Hall–Kier alpha value is -0.870. The molecule has 3 rings (SSSR count). The molecule has 2 N–H and O–H groups in total. The highest BCUT2D eigenvalue weighted by Crippen LogP contribution is 2.37. The van der Waals surface area contributed by atoms with Crippen molar-refractivity contribution in [3.05, 3.63) is 34.3 Å². The molecule has 0 bridgehead atoms. The second-order valence-corrected chi connectivity index (χ2v) is 6.94. The summed E-state index contributed by atoms with van der Waals surface area (Å²) in [5, 5.41) is 6.56. The van der Waals surface area contributed by atoms with Gasteiger partial charge in [0.1, 0.15) is 0 Å². The second kappa shape index (κ2) is 5.86. The summed E-state index contributed by atoms with van der Waals surface area (Å²) >= 11 is 3.43. The molecule has 2 aliphatic rings. The fourth-order valence-corrected chi connectivity index (χ4v) is 3.88. The molecule has 4 heteroatoms. The lowest BCUT2D eigenvalue weighted by molar-refractivity contribution is -0.124. The van der Waals surface area contributed by atoms with Gasteiger partial charge in [0.2, 0.25) is 5.91 Å². The molecule has 0 spiro atoms. The standard InChI is InChI=1S/C16H21BrN2O/c1-10(11-5-7-13(17)8-6-11)19-16(20)15-14-4-2-3-12(14)9-18-15/h5-8,10,12,14-15,18H,2-4,9H2,1H3,(H,19,20). The number of hydrogen-bond donors (Lipinski definition) is 2. The van der Waals surface area contributed by atoms with Gasteiger partial charge >= 0.3 is 0 Å². The van der Waals surface area contributed by atoms with E-state index in [0.717, 1.165) is 16.6 Å². The topological polar surface area (TPSA) is 41.1 Å². The van der Waals surface area contributed by atoms with Crippen LogP contribution < -0.4 is 10.6 Å². The van der Waals surface area contributed by atoms with Crippen LogP contribution >= 0.6 is 15.9 Å². The molecule has 2 fully saturated rings. The largest absolute Gasteiger partial charge is 0.348 e. The molecule has 1 aliphatic carbocycles. The first kappa shape index (κ1) is 14.1. The minimum Gasteiger partial charge on any atom is -0.348 e. The van der Waals surface area contributed by atoms with Crippen molar-refractivity contribution in [2.45, 2.75) is 38.3 Å². The monoisotopic (exact) mass is 336 g/mol. The first-order valence-electron chi connectivity index (χ1n) is 7.44. The van der Waals surface area contributed by atoms with Crippen molar-refractivity contribution < 1.29 is 4.79 Å². The lowest BCUT2D eigenvalue weighted by Gasteiger charge is -2.21. The van der Waals surface area contributed by atoms with Crippen molar-refractivity contribution in [1.29, 1.82) is 0 Å². The van der Waals surface area contributed by atoms with Crippen LogP contribution in [0.25, 0.3) is 0 Å². The minimum absolute atomic E-state index is 0.0143. The molecule has 108 valence electrons. The van der Waals surface area contributed by atoms with Crippen LogP contribution in [-0.2, 0) is 4.79 Å². The number of benzene rings is 1. The van der Waals surface area contributed by atoms with Gasteiger partial charge in [-0.15, -0.1) is 0 Å². The van der Waals surface area contributed by atoms with Gasteiger partial charge in [-0.1, -0.05) is 34.5 Å². The third kappa shape index (κ3) is 2.77. The third-order valence-electron chi connectivity index (χ3n) is 4.76. The van der Waals surface area contributed by atoms with E-state index in [9.17, 15) is 4.79 Å². The van der Waals surface area contributed by atoms with Crippen LogP contribution in [0.3, 0.4) is 0 Å². The normalized spacial score (nSPS) is 30.0. The highest BCUT2D eigenvalue weighted by atomic mass is 79.9. The van der Waals surface area contributed by atoms with E-state index >= 15 is 0 Å². The molecule has 4 atom stereocenters. The van der Waals surface area contributed by atoms with Crippen molar-refractivity contribution >= 4 is 21.8 Å². The van der Waals surface area contributed by atoms with Crippen LogP contribution in [0.5, 0.6) is 0 Å². The highest BCUT2D eigenvalue weighted by molar-refractivity contribution is 9.10. The molecule has 0 radical (unpaired) electrons. The number of rotatable bonds is 3. The smallest absolute Gasteiger partial charge is 0.237 e. The zero-order valence-corrected chi connectivity index (χ0v) is 13.3. The lowest BCUT2D eigenvalue weighted by Crippen LogP contribution is -2.44. The number of halogens is 1. The molecular formula is C16H21BrN2O. The highest BCUT2D eigenvalue weighted by Gasteiger charge is 2.42. The van der Waals surface area contributed by atoms with Gasteiger partial charge in [0.25, 0.3) is 0 Å². The average molecular weight is 337 g/mol. The van der Waals surface area contributed by atoms with Gasteiger partial charge in [-0.2, -0.15) is 0 Å². The first-order valence-corrected chi connectivity index (χ1v) is 8.23. The van der Waals surface area contributed by atoms with E-state index in [1.54, 1.807) is 0 Å². The SMILES string of the molecule is CC(NC(=O)C1NCC2CCCC21)c1ccc(Br)cc1. The maximum atomic E-state index is 12.5. The van der Waals surface area contributed by atoms with Gasteiger partial charge < -0.3 is 10.6 Å². The van der Waals surface area contributed by atoms with Gasteiger partial charge in [-0.05, 0) is 55.8 Å². The van der Waals surface area contributed by atoms with Crippen molar-refractivity contribution in [3.8, 4) is 0 Å². The van der Waals surface area contributed by atoms with Crippen LogP contribution in [0.15, 0.2) is 28.7 Å². The Morgan fingerprint density at radius 2 is 2.10 bits per heavy atom. The lowest BCUT2D eigenvalue weighted by atomic mass is 9.93. The molecule has 1 aliphatic heterocycles. The van der Waals surface area contributed by atoms with Crippen LogP contribution in [0.1, 0.15) is 37.8 Å². The van der Waals surface area contributed by atoms with Crippen molar-refractivity contribution in [3.63, 3.8) is 0 Å². The van der Waals surface area contributed by atoms with Gasteiger partial charge in [0.05, 0.1) is 12.1 Å². The number of hydrogen-bond acceptors (Lipinski definition) is 2. The fraction of sp³-hybridized carbons (Fsp3) is 0.562. The Kier molecular flexibility index (Phi) is 4.13. The van der Waals surface area contributed by atoms with Crippen LogP contribution in [-0.4, -0.2) is 18.5 Å². The van der Waals surface area contributed by atoms with Gasteiger partial charge in [0, 0.05) is 4.47 Å². The summed E-state index contributed by atoms with van der Waals surface area (Å²) in [5.41, 5.74) is 1.14. The summed E-state index contributed by atoms with van der Waals surface area (Å²) in [6.45, 7) is 3.05. The molecule has 1 heterocycles. The van der Waals surface area contributed by atoms with Crippen molar-refractivity contribution in [2.75, 3.05) is 6.54 Å². The van der Waals surface area contributed by atoms with E-state index in [0.29, 0.717) is 11.8 Å². The maximum Gasteiger partial charge on any atom is 0.237 e. The Balaban J connectivity index is 1.62. The van der Waals surface area contributed by atoms with E-state index in [1.807, 2.05) is 19.1 Å². The summed E-state index contributed by atoms with van der Waals surface area (Å²) in [6.07, 6.45) is 3.76. The van der Waals surface area contributed by atoms with Gasteiger partial charge in [0.15, 0.2) is 0 Å². The Morgan fingerprint density at radius 3 is 2.85 bits per heavy atom. The predicted molar refractivity (Wildman–Crippen MR) is 83.3 cm³/mol. The van der Waals surface area contributed by atoms with E-state index < -0.39 is 0 Å². The number of carbonyl (C=O) groups is 1. The molecule has 1 aromatic rings. The third-order valence-corrected chi connectivity index (χ3v) is 5.29. The number of amides is 1.